The summed E-state index contributed by atoms with van der Waals surface area (Å²) in [5.74, 6) is -0.158. The minimum Gasteiger partial charge on any atom is -0.371 e. The Balaban J connectivity index is 1.75. The quantitative estimate of drug-likeness (QED) is 0.939. The third-order valence-electron chi connectivity index (χ3n) is 4.04. The molecular weight excluding hydrogens is 274 g/mol. The molecule has 0 unspecified atom stereocenters. The molecular formula is C18H21N3O. The number of benzene rings is 1. The number of nitrogens with zero attached hydrogens (tertiary/aromatic N) is 2. The van der Waals surface area contributed by atoms with E-state index in [-0.39, 0.29) is 5.91 Å². The van der Waals surface area contributed by atoms with Gasteiger partial charge in [-0.1, -0.05) is 19.1 Å². The molecule has 3 rings (SSSR count). The summed E-state index contributed by atoms with van der Waals surface area (Å²) in [4.78, 5) is 18.9. The molecule has 1 aliphatic rings. The maximum Gasteiger partial charge on any atom is 0.274 e. The molecule has 1 N–H and O–H groups in total. The lowest BCUT2D eigenvalue weighted by Gasteiger charge is -2.17. The Hall–Kier alpha value is -2.36. The number of carbonyl (C=O) groups excluding carboxylic acids is 1. The van der Waals surface area contributed by atoms with E-state index in [2.05, 4.69) is 28.2 Å². The van der Waals surface area contributed by atoms with Crippen LogP contribution in [-0.2, 0) is 6.42 Å². The standard InChI is InChI=1S/C18H21N3O/c1-2-14-6-5-7-15(12-14)20-18(22)17-13-16(8-9-19-17)21-10-3-4-11-21/h5-9,12-13H,2-4,10-11H2,1H3,(H,20,22). The van der Waals surface area contributed by atoms with Crippen LogP contribution in [0.1, 0.15) is 35.8 Å². The number of hydrogen-bond acceptors (Lipinski definition) is 3. The summed E-state index contributed by atoms with van der Waals surface area (Å²) in [6, 6.07) is 11.8. The summed E-state index contributed by atoms with van der Waals surface area (Å²) in [6.45, 7) is 4.22. The van der Waals surface area contributed by atoms with Crippen molar-refractivity contribution in [2.75, 3.05) is 23.3 Å². The number of rotatable bonds is 4. The normalized spacial score (nSPS) is 14.1. The maximum absolute atomic E-state index is 12.4. The number of anilines is 2. The van der Waals surface area contributed by atoms with E-state index in [4.69, 9.17) is 0 Å². The average molecular weight is 295 g/mol. The predicted octanol–water partition coefficient (Wildman–Crippen LogP) is 3.50. The smallest absolute Gasteiger partial charge is 0.274 e. The fraction of sp³-hybridized carbons (Fsp3) is 0.333. The van der Waals surface area contributed by atoms with Crippen LogP contribution in [0.15, 0.2) is 42.6 Å². The molecule has 1 aromatic carbocycles. The Morgan fingerprint density at radius 2 is 2.05 bits per heavy atom. The Morgan fingerprint density at radius 1 is 1.23 bits per heavy atom. The largest absolute Gasteiger partial charge is 0.371 e. The van der Waals surface area contributed by atoms with Crippen LogP contribution in [0.5, 0.6) is 0 Å². The van der Waals surface area contributed by atoms with E-state index in [1.165, 1.54) is 18.4 Å². The zero-order valence-electron chi connectivity index (χ0n) is 12.9. The van der Waals surface area contributed by atoms with Gasteiger partial charge in [-0.25, -0.2) is 0 Å². The van der Waals surface area contributed by atoms with Crippen LogP contribution in [-0.4, -0.2) is 24.0 Å². The highest BCUT2D eigenvalue weighted by Gasteiger charge is 2.15. The average Bonchev–Trinajstić information content (AvgIpc) is 3.09. The first kappa shape index (κ1) is 14.6. The van der Waals surface area contributed by atoms with Gasteiger partial charge in [-0.2, -0.15) is 0 Å². The molecule has 0 aliphatic carbocycles. The fourth-order valence-electron chi connectivity index (χ4n) is 2.78. The minimum absolute atomic E-state index is 0.158. The number of aromatic nitrogens is 1. The highest BCUT2D eigenvalue weighted by atomic mass is 16.1. The summed E-state index contributed by atoms with van der Waals surface area (Å²) in [7, 11) is 0. The molecule has 1 fully saturated rings. The summed E-state index contributed by atoms with van der Waals surface area (Å²) >= 11 is 0. The number of pyridine rings is 1. The highest BCUT2D eigenvalue weighted by Crippen LogP contribution is 2.20. The Morgan fingerprint density at radius 3 is 2.82 bits per heavy atom. The van der Waals surface area contributed by atoms with Gasteiger partial charge in [0, 0.05) is 30.7 Å². The number of aryl methyl sites for hydroxylation is 1. The molecule has 0 bridgehead atoms. The third-order valence-corrected chi connectivity index (χ3v) is 4.04. The maximum atomic E-state index is 12.4. The molecule has 2 aromatic rings. The van der Waals surface area contributed by atoms with Gasteiger partial charge in [0.15, 0.2) is 0 Å². The van der Waals surface area contributed by atoms with Crippen LogP contribution >= 0.6 is 0 Å². The van der Waals surface area contributed by atoms with Crippen LogP contribution in [0, 0.1) is 0 Å². The molecule has 114 valence electrons. The molecule has 2 heterocycles. The zero-order valence-corrected chi connectivity index (χ0v) is 12.9. The van der Waals surface area contributed by atoms with Crippen molar-refractivity contribution in [3.05, 3.63) is 53.9 Å². The number of hydrogen-bond donors (Lipinski definition) is 1. The van der Waals surface area contributed by atoms with Crippen molar-refractivity contribution >= 4 is 17.3 Å². The fourth-order valence-corrected chi connectivity index (χ4v) is 2.78. The van der Waals surface area contributed by atoms with Gasteiger partial charge in [-0.15, -0.1) is 0 Å². The lowest BCUT2D eigenvalue weighted by molar-refractivity contribution is 0.102. The van der Waals surface area contributed by atoms with E-state index in [1.807, 2.05) is 30.3 Å². The van der Waals surface area contributed by atoms with Gasteiger partial charge < -0.3 is 10.2 Å². The van der Waals surface area contributed by atoms with E-state index in [0.717, 1.165) is 30.9 Å². The van der Waals surface area contributed by atoms with Crippen molar-refractivity contribution in [1.82, 2.24) is 4.98 Å². The van der Waals surface area contributed by atoms with E-state index < -0.39 is 0 Å². The van der Waals surface area contributed by atoms with E-state index >= 15 is 0 Å². The van der Waals surface area contributed by atoms with Crippen molar-refractivity contribution in [3.8, 4) is 0 Å². The predicted molar refractivity (Wildman–Crippen MR) is 89.5 cm³/mol. The molecule has 1 saturated heterocycles. The Bertz CT molecular complexity index is 663. The summed E-state index contributed by atoms with van der Waals surface area (Å²) in [5, 5.41) is 2.93. The lowest BCUT2D eigenvalue weighted by Crippen LogP contribution is -2.19. The summed E-state index contributed by atoms with van der Waals surface area (Å²) in [5.41, 5.74) is 3.57. The second kappa shape index (κ2) is 6.60. The van der Waals surface area contributed by atoms with Crippen LogP contribution in [0.4, 0.5) is 11.4 Å². The van der Waals surface area contributed by atoms with Crippen LogP contribution in [0.25, 0.3) is 0 Å². The zero-order chi connectivity index (χ0) is 15.4. The van der Waals surface area contributed by atoms with Crippen LogP contribution < -0.4 is 10.2 Å². The van der Waals surface area contributed by atoms with Gasteiger partial charge in [-0.3, -0.25) is 9.78 Å². The molecule has 4 nitrogen and oxygen atoms in total. The SMILES string of the molecule is CCc1cccc(NC(=O)c2cc(N3CCCC3)ccn2)c1. The first-order valence-corrected chi connectivity index (χ1v) is 7.87. The Labute approximate surface area is 131 Å². The number of amides is 1. The van der Waals surface area contributed by atoms with Crippen molar-refractivity contribution in [1.29, 1.82) is 0 Å². The van der Waals surface area contributed by atoms with Gasteiger partial charge in [-0.05, 0) is 49.1 Å². The first-order valence-electron chi connectivity index (χ1n) is 7.87. The highest BCUT2D eigenvalue weighted by molar-refractivity contribution is 6.03. The van der Waals surface area contributed by atoms with Gasteiger partial charge in [0.1, 0.15) is 5.69 Å². The van der Waals surface area contributed by atoms with Gasteiger partial charge in [0.2, 0.25) is 0 Å². The van der Waals surface area contributed by atoms with Crippen molar-refractivity contribution in [2.24, 2.45) is 0 Å². The third kappa shape index (κ3) is 3.27. The monoisotopic (exact) mass is 295 g/mol. The van der Waals surface area contributed by atoms with Crippen molar-refractivity contribution in [2.45, 2.75) is 26.2 Å². The molecule has 4 heteroatoms. The molecule has 1 aromatic heterocycles. The van der Waals surface area contributed by atoms with Crippen LogP contribution in [0.2, 0.25) is 0 Å². The molecule has 0 atom stereocenters. The van der Waals surface area contributed by atoms with Gasteiger partial charge >= 0.3 is 0 Å². The van der Waals surface area contributed by atoms with Gasteiger partial charge in [0.25, 0.3) is 5.91 Å². The number of carbonyl (C=O) groups is 1. The molecule has 1 aliphatic heterocycles. The topological polar surface area (TPSA) is 45.2 Å². The van der Waals surface area contributed by atoms with Crippen LogP contribution in [0.3, 0.4) is 0 Å². The lowest BCUT2D eigenvalue weighted by atomic mass is 10.1. The van der Waals surface area contributed by atoms with E-state index in [0.29, 0.717) is 5.69 Å². The van der Waals surface area contributed by atoms with E-state index in [9.17, 15) is 4.79 Å². The van der Waals surface area contributed by atoms with Crippen molar-refractivity contribution < 1.29 is 4.79 Å². The Kier molecular flexibility index (Phi) is 4.37. The minimum atomic E-state index is -0.158. The second-order valence-corrected chi connectivity index (χ2v) is 5.60. The summed E-state index contributed by atoms with van der Waals surface area (Å²) < 4.78 is 0. The molecule has 22 heavy (non-hydrogen) atoms. The second-order valence-electron chi connectivity index (χ2n) is 5.60. The molecule has 1 amide bonds. The molecule has 0 radical (unpaired) electrons. The molecule has 0 saturated carbocycles. The first-order chi connectivity index (χ1) is 10.8. The van der Waals surface area contributed by atoms with Gasteiger partial charge in [0.05, 0.1) is 0 Å². The number of nitrogens with one attached hydrogen (secondary N) is 1. The summed E-state index contributed by atoms with van der Waals surface area (Å²) in [6.07, 6.45) is 5.10. The molecule has 0 spiro atoms. The van der Waals surface area contributed by atoms with E-state index in [1.54, 1.807) is 6.20 Å². The van der Waals surface area contributed by atoms with Crippen molar-refractivity contribution in [3.63, 3.8) is 0 Å².